The molecule has 8 nitrogen and oxygen atoms in total. The Bertz CT molecular complexity index is 746. The lowest BCUT2D eigenvalue weighted by Gasteiger charge is -2.31. The number of ether oxygens (including phenoxy) is 3. The molecule has 0 atom stereocenters. The summed E-state index contributed by atoms with van der Waals surface area (Å²) in [5.41, 5.74) is -0.241. The van der Waals surface area contributed by atoms with Gasteiger partial charge in [0.15, 0.2) is 0 Å². The van der Waals surface area contributed by atoms with Crippen LogP contribution >= 0.6 is 0 Å². The molecule has 0 aliphatic carbocycles. The van der Waals surface area contributed by atoms with Crippen molar-refractivity contribution in [1.82, 2.24) is 5.32 Å². The second-order valence-electron chi connectivity index (χ2n) is 4.96. The third kappa shape index (κ3) is 3.61. The van der Waals surface area contributed by atoms with E-state index < -0.39 is 23.7 Å². The summed E-state index contributed by atoms with van der Waals surface area (Å²) in [6, 6.07) is 3.63. The van der Waals surface area contributed by atoms with Crippen LogP contribution in [-0.2, 0) is 23.8 Å². The van der Waals surface area contributed by atoms with Crippen LogP contribution in [0.5, 0.6) is 0 Å². The average Bonchev–Trinajstić information content (AvgIpc) is 2.65. The maximum absolute atomic E-state index is 14.4. The normalized spacial score (nSPS) is 14.2. The van der Waals surface area contributed by atoms with E-state index in [0.29, 0.717) is 0 Å². The van der Waals surface area contributed by atoms with Crippen molar-refractivity contribution in [2.45, 2.75) is 0 Å². The number of benzene rings is 1. The predicted octanol–water partition coefficient (Wildman–Crippen LogP) is 0.579. The monoisotopic (exact) mass is 352 g/mol. The van der Waals surface area contributed by atoms with Crippen molar-refractivity contribution in [2.75, 3.05) is 39.5 Å². The van der Waals surface area contributed by atoms with Gasteiger partial charge in [-0.05, 0) is 18.2 Å². The summed E-state index contributed by atoms with van der Waals surface area (Å²) in [6.45, 7) is -0.399. The molecular formula is C16H17FN2O6. The van der Waals surface area contributed by atoms with Crippen LogP contribution in [0.1, 0.15) is 10.4 Å². The predicted molar refractivity (Wildman–Crippen MR) is 84.1 cm³/mol. The van der Waals surface area contributed by atoms with Crippen molar-refractivity contribution in [2.24, 2.45) is 0 Å². The number of hydrogen-bond acceptors (Lipinski definition) is 7. The first-order chi connectivity index (χ1) is 11.9. The molecule has 1 aliphatic rings. The van der Waals surface area contributed by atoms with Crippen LogP contribution in [0.2, 0.25) is 0 Å². The number of esters is 2. The Morgan fingerprint density at radius 1 is 1.20 bits per heavy atom. The van der Waals surface area contributed by atoms with Crippen LogP contribution in [0.4, 0.5) is 10.1 Å². The molecule has 0 spiro atoms. The number of methoxy groups -OCH3 is 2. The molecule has 0 bridgehead atoms. The smallest absolute Gasteiger partial charge is 0.355 e. The van der Waals surface area contributed by atoms with Crippen molar-refractivity contribution < 1.29 is 33.0 Å². The van der Waals surface area contributed by atoms with E-state index in [1.807, 2.05) is 0 Å². The van der Waals surface area contributed by atoms with Gasteiger partial charge in [0, 0.05) is 12.6 Å². The Balaban J connectivity index is 2.61. The highest BCUT2D eigenvalue weighted by Gasteiger charge is 2.33. The van der Waals surface area contributed by atoms with Gasteiger partial charge in [0.2, 0.25) is 0 Å². The van der Waals surface area contributed by atoms with Crippen molar-refractivity contribution in [3.05, 3.63) is 40.8 Å². The number of halogens is 1. The lowest BCUT2D eigenvalue weighted by molar-refractivity contribution is -0.140. The Morgan fingerprint density at radius 2 is 1.88 bits per heavy atom. The van der Waals surface area contributed by atoms with E-state index in [9.17, 15) is 18.8 Å². The molecule has 1 aromatic rings. The Hall–Kier alpha value is -2.94. The highest BCUT2D eigenvalue weighted by Crippen LogP contribution is 2.29. The minimum Gasteiger partial charge on any atom is -0.466 e. The van der Waals surface area contributed by atoms with Crippen LogP contribution in [0.3, 0.4) is 0 Å². The average molecular weight is 352 g/mol. The van der Waals surface area contributed by atoms with Crippen molar-refractivity contribution in [1.29, 1.82) is 0 Å². The quantitative estimate of drug-likeness (QED) is 0.792. The molecule has 0 saturated heterocycles. The molecule has 1 aromatic carbocycles. The van der Waals surface area contributed by atoms with Gasteiger partial charge < -0.3 is 24.4 Å². The molecule has 1 N–H and O–H groups in total. The second kappa shape index (κ2) is 7.75. The summed E-state index contributed by atoms with van der Waals surface area (Å²) in [6.07, 6.45) is 0. The number of carbonyl (C=O) groups is 3. The Kier molecular flexibility index (Phi) is 5.71. The number of anilines is 1. The summed E-state index contributed by atoms with van der Waals surface area (Å²) in [5.74, 6) is -2.79. The van der Waals surface area contributed by atoms with Gasteiger partial charge in [-0.15, -0.1) is 0 Å². The molecule has 0 radical (unpaired) electrons. The Morgan fingerprint density at radius 3 is 2.48 bits per heavy atom. The van der Waals surface area contributed by atoms with Gasteiger partial charge in [0.05, 0.1) is 32.1 Å². The SMILES string of the molecule is CNC(=O)c1ccc(F)c(N2COCC(C(=O)OC)=C2C(=O)OC)c1. The number of rotatable bonds is 4. The van der Waals surface area contributed by atoms with Crippen molar-refractivity contribution in [3.63, 3.8) is 0 Å². The topological polar surface area (TPSA) is 94.2 Å². The van der Waals surface area contributed by atoms with Crippen LogP contribution in [0.15, 0.2) is 29.5 Å². The molecule has 9 heteroatoms. The molecule has 1 amide bonds. The van der Waals surface area contributed by atoms with Gasteiger partial charge in [0.25, 0.3) is 5.91 Å². The molecule has 134 valence electrons. The highest BCUT2D eigenvalue weighted by atomic mass is 19.1. The van der Waals surface area contributed by atoms with Crippen LogP contribution in [-0.4, -0.2) is 52.5 Å². The van der Waals surface area contributed by atoms with Gasteiger partial charge in [-0.1, -0.05) is 0 Å². The van der Waals surface area contributed by atoms with Gasteiger partial charge in [-0.2, -0.15) is 0 Å². The van der Waals surface area contributed by atoms with Crippen molar-refractivity contribution >= 4 is 23.5 Å². The third-order valence-corrected chi connectivity index (χ3v) is 3.56. The van der Waals surface area contributed by atoms with E-state index in [1.165, 1.54) is 19.2 Å². The maximum Gasteiger partial charge on any atom is 0.355 e. The lowest BCUT2D eigenvalue weighted by Crippen LogP contribution is -2.39. The lowest BCUT2D eigenvalue weighted by atomic mass is 10.1. The van der Waals surface area contributed by atoms with Crippen LogP contribution < -0.4 is 10.2 Å². The highest BCUT2D eigenvalue weighted by molar-refractivity contribution is 6.03. The third-order valence-electron chi connectivity index (χ3n) is 3.56. The largest absolute Gasteiger partial charge is 0.466 e. The van der Waals surface area contributed by atoms with E-state index in [-0.39, 0.29) is 35.9 Å². The van der Waals surface area contributed by atoms with E-state index in [0.717, 1.165) is 25.2 Å². The molecule has 1 heterocycles. The molecule has 2 rings (SSSR count). The van der Waals surface area contributed by atoms with Gasteiger partial charge in [-0.25, -0.2) is 14.0 Å². The standard InChI is InChI=1S/C16H17FN2O6/c1-18-14(20)9-4-5-11(17)12(6-9)19-8-25-7-10(15(21)23-2)13(19)16(22)24-3/h4-6H,7-8H2,1-3H3,(H,18,20). The summed E-state index contributed by atoms with van der Waals surface area (Å²) >= 11 is 0. The molecular weight excluding hydrogens is 335 g/mol. The van der Waals surface area contributed by atoms with Gasteiger partial charge >= 0.3 is 11.9 Å². The fraction of sp³-hybridized carbons (Fsp3) is 0.312. The minimum atomic E-state index is -0.853. The first-order valence-corrected chi connectivity index (χ1v) is 7.21. The number of hydrogen-bond donors (Lipinski definition) is 1. The van der Waals surface area contributed by atoms with E-state index in [2.05, 4.69) is 10.1 Å². The van der Waals surface area contributed by atoms with Crippen LogP contribution in [0, 0.1) is 5.82 Å². The zero-order chi connectivity index (χ0) is 18.6. The van der Waals surface area contributed by atoms with E-state index >= 15 is 0 Å². The van der Waals surface area contributed by atoms with Gasteiger partial charge in [0.1, 0.15) is 18.2 Å². The van der Waals surface area contributed by atoms with Crippen LogP contribution in [0.25, 0.3) is 0 Å². The van der Waals surface area contributed by atoms with Gasteiger partial charge in [-0.3, -0.25) is 4.79 Å². The first kappa shape index (κ1) is 18.4. The molecule has 25 heavy (non-hydrogen) atoms. The summed E-state index contributed by atoms with van der Waals surface area (Å²) in [4.78, 5) is 37.0. The number of nitrogens with zero attached hydrogens (tertiary/aromatic N) is 1. The molecule has 0 aromatic heterocycles. The molecule has 0 unspecified atom stereocenters. The van der Waals surface area contributed by atoms with Crippen molar-refractivity contribution in [3.8, 4) is 0 Å². The number of nitrogens with one attached hydrogen (secondary N) is 1. The van der Waals surface area contributed by atoms with E-state index in [4.69, 9.17) is 9.47 Å². The zero-order valence-corrected chi connectivity index (χ0v) is 13.9. The van der Waals surface area contributed by atoms with E-state index in [1.54, 1.807) is 0 Å². The summed E-state index contributed by atoms with van der Waals surface area (Å²) < 4.78 is 29.0. The fourth-order valence-corrected chi connectivity index (χ4v) is 2.34. The first-order valence-electron chi connectivity index (χ1n) is 7.21. The Labute approximate surface area is 143 Å². The zero-order valence-electron chi connectivity index (χ0n) is 13.9. The summed E-state index contributed by atoms with van der Waals surface area (Å²) in [7, 11) is 3.72. The second-order valence-corrected chi connectivity index (χ2v) is 4.96. The molecule has 0 saturated carbocycles. The molecule has 1 aliphatic heterocycles. The minimum absolute atomic E-state index is 0.106. The fourth-order valence-electron chi connectivity index (χ4n) is 2.34. The maximum atomic E-state index is 14.4. The number of amides is 1. The number of carbonyl (C=O) groups excluding carboxylic acids is 3. The molecule has 0 fully saturated rings. The summed E-state index contributed by atoms with van der Waals surface area (Å²) in [5, 5.41) is 2.42.